The molecule has 200 valence electrons. The molecule has 4 amide bonds. The molecule has 3 heterocycles. The van der Waals surface area contributed by atoms with E-state index in [0.29, 0.717) is 12.1 Å². The van der Waals surface area contributed by atoms with Crippen LogP contribution < -0.4 is 21.0 Å². The Hall–Kier alpha value is -4.18. The van der Waals surface area contributed by atoms with Crippen molar-refractivity contribution in [1.29, 1.82) is 0 Å². The largest absolute Gasteiger partial charge is 0.547 e. The molecular weight excluding hydrogens is 519 g/mol. The summed E-state index contributed by atoms with van der Waals surface area (Å²) in [4.78, 5) is 68.6. The number of piperazine rings is 1. The Bertz CT molecular complexity index is 1290. The Morgan fingerprint density at radius 3 is 2.63 bits per heavy atom. The number of nitrogen functional groups attached to an aromatic ring is 1. The van der Waals surface area contributed by atoms with Crippen LogP contribution in [0.1, 0.15) is 34.6 Å². The van der Waals surface area contributed by atoms with E-state index in [1.165, 1.54) is 22.4 Å². The lowest BCUT2D eigenvalue weighted by Crippen LogP contribution is -2.57. The highest BCUT2D eigenvalue weighted by atomic mass is 32.1. The molecule has 4 rings (SSSR count). The number of nitrogens with one attached hydrogen (secondary N) is 2. The van der Waals surface area contributed by atoms with Gasteiger partial charge in [0.15, 0.2) is 11.2 Å². The summed E-state index contributed by atoms with van der Waals surface area (Å²) in [6.45, 7) is 2.11. The summed E-state index contributed by atoms with van der Waals surface area (Å²) in [5, 5.41) is 26.6. The molecule has 1 aromatic carbocycles. The molecule has 1 saturated heterocycles. The molecule has 16 heteroatoms. The molecule has 6 N–H and O–H groups in total. The molecule has 2 aliphatic rings. The van der Waals surface area contributed by atoms with Gasteiger partial charge in [0, 0.05) is 25.0 Å². The minimum Gasteiger partial charge on any atom is -0.534 e. The molecule has 0 aliphatic carbocycles. The summed E-state index contributed by atoms with van der Waals surface area (Å²) in [5.74, 6) is -5.16. The van der Waals surface area contributed by atoms with Crippen LogP contribution in [0, 0.1) is 0 Å². The molecule has 1 unspecified atom stereocenters. The summed E-state index contributed by atoms with van der Waals surface area (Å²) < 4.78 is 5.41. The first kappa shape index (κ1) is 26.9. The van der Waals surface area contributed by atoms with Gasteiger partial charge in [-0.3, -0.25) is 19.2 Å². The lowest BCUT2D eigenvalue weighted by molar-refractivity contribution is -0.156. The van der Waals surface area contributed by atoms with E-state index in [-0.39, 0.29) is 41.6 Å². The van der Waals surface area contributed by atoms with Crippen molar-refractivity contribution in [3.8, 4) is 5.75 Å². The SMILES string of the molecule is CCN1CCN(CC(=O)NC(C(=O)N[C@H]2Cc3cccc(C(=O)O)c3OB2O)c2csc(N)n2)C(=O)C1=O. The number of likely N-dealkylation sites (N-methyl/N-ethyl adjacent to an activating group) is 1. The van der Waals surface area contributed by atoms with Crippen molar-refractivity contribution in [2.45, 2.75) is 25.3 Å². The third-order valence-electron chi connectivity index (χ3n) is 6.19. The second-order valence-electron chi connectivity index (χ2n) is 8.65. The molecule has 0 radical (unpaired) electrons. The van der Waals surface area contributed by atoms with Crippen LogP contribution in [-0.2, 0) is 25.6 Å². The number of aromatic nitrogens is 1. The van der Waals surface area contributed by atoms with Crippen LogP contribution in [0.15, 0.2) is 23.6 Å². The van der Waals surface area contributed by atoms with E-state index in [9.17, 15) is 34.1 Å². The molecule has 14 nitrogen and oxygen atoms in total. The molecular formula is C22H25BN6O8S. The van der Waals surface area contributed by atoms with Crippen LogP contribution in [0.3, 0.4) is 0 Å². The first-order valence-corrected chi connectivity index (χ1v) is 12.6. The van der Waals surface area contributed by atoms with Crippen LogP contribution in [0.4, 0.5) is 5.13 Å². The van der Waals surface area contributed by atoms with Crippen LogP contribution in [0.2, 0.25) is 0 Å². The monoisotopic (exact) mass is 544 g/mol. The summed E-state index contributed by atoms with van der Waals surface area (Å²) in [6, 6.07) is 3.14. The highest BCUT2D eigenvalue weighted by Gasteiger charge is 2.40. The summed E-state index contributed by atoms with van der Waals surface area (Å²) >= 11 is 1.05. The smallest absolute Gasteiger partial charge is 0.534 e. The maximum Gasteiger partial charge on any atom is 0.547 e. The summed E-state index contributed by atoms with van der Waals surface area (Å²) in [5.41, 5.74) is 6.19. The van der Waals surface area contributed by atoms with Gasteiger partial charge in [-0.25, -0.2) is 9.78 Å². The Morgan fingerprint density at radius 1 is 1.26 bits per heavy atom. The number of para-hydroxylation sites is 1. The van der Waals surface area contributed by atoms with Gasteiger partial charge in [-0.05, 0) is 25.0 Å². The second-order valence-corrected chi connectivity index (χ2v) is 9.54. The molecule has 2 atom stereocenters. The van der Waals surface area contributed by atoms with Crippen molar-refractivity contribution < 1.29 is 38.8 Å². The normalized spacial score (nSPS) is 17.9. The van der Waals surface area contributed by atoms with Crippen molar-refractivity contribution in [1.82, 2.24) is 25.4 Å². The van der Waals surface area contributed by atoms with Gasteiger partial charge in [-0.1, -0.05) is 12.1 Å². The third kappa shape index (κ3) is 5.55. The van der Waals surface area contributed by atoms with Gasteiger partial charge in [-0.15, -0.1) is 11.3 Å². The van der Waals surface area contributed by atoms with E-state index < -0.39 is 55.2 Å². The third-order valence-corrected chi connectivity index (χ3v) is 6.89. The van der Waals surface area contributed by atoms with Gasteiger partial charge in [0.1, 0.15) is 12.3 Å². The average Bonchev–Trinajstić information content (AvgIpc) is 3.31. The van der Waals surface area contributed by atoms with Crippen LogP contribution >= 0.6 is 11.3 Å². The van der Waals surface area contributed by atoms with Gasteiger partial charge in [-0.2, -0.15) is 0 Å². The molecule has 0 saturated carbocycles. The summed E-state index contributed by atoms with van der Waals surface area (Å²) in [7, 11) is -1.57. The number of carboxylic acid groups (broad SMARTS) is 1. The molecule has 1 fully saturated rings. The Kier molecular flexibility index (Phi) is 7.82. The zero-order valence-corrected chi connectivity index (χ0v) is 21.1. The zero-order chi connectivity index (χ0) is 27.6. The number of thiazole rings is 1. The molecule has 0 bridgehead atoms. The summed E-state index contributed by atoms with van der Waals surface area (Å²) in [6.07, 6.45) is 0.0571. The molecule has 2 aliphatic heterocycles. The number of nitrogens with two attached hydrogens (primary N) is 1. The van der Waals surface area contributed by atoms with E-state index in [1.54, 1.807) is 13.0 Å². The van der Waals surface area contributed by atoms with Crippen LogP contribution in [-0.4, -0.2) is 93.8 Å². The number of aromatic carboxylic acids is 1. The van der Waals surface area contributed by atoms with Gasteiger partial charge in [0.05, 0.1) is 17.2 Å². The maximum atomic E-state index is 13.3. The lowest BCUT2D eigenvalue weighted by Gasteiger charge is -2.33. The lowest BCUT2D eigenvalue weighted by atomic mass is 9.72. The second kappa shape index (κ2) is 11.1. The fourth-order valence-electron chi connectivity index (χ4n) is 4.24. The molecule has 2 aromatic rings. The number of hydrogen-bond acceptors (Lipinski definition) is 10. The quantitative estimate of drug-likeness (QED) is 0.190. The van der Waals surface area contributed by atoms with E-state index in [1.807, 2.05) is 0 Å². The minimum atomic E-state index is -1.57. The van der Waals surface area contributed by atoms with Crippen molar-refractivity contribution in [2.24, 2.45) is 0 Å². The number of fused-ring (bicyclic) bond motifs is 1. The van der Waals surface area contributed by atoms with Crippen LogP contribution in [0.5, 0.6) is 5.75 Å². The number of carbonyl (C=O) groups is 5. The highest BCUT2D eigenvalue weighted by Crippen LogP contribution is 2.30. The fourth-order valence-corrected chi connectivity index (χ4v) is 4.83. The van der Waals surface area contributed by atoms with Crippen LogP contribution in [0.25, 0.3) is 0 Å². The fraction of sp³-hybridized carbons (Fsp3) is 0.364. The number of anilines is 1. The molecule has 1 aromatic heterocycles. The van der Waals surface area contributed by atoms with Crippen molar-refractivity contribution >= 4 is 53.2 Å². The zero-order valence-electron chi connectivity index (χ0n) is 20.2. The Morgan fingerprint density at radius 2 is 1.97 bits per heavy atom. The van der Waals surface area contributed by atoms with E-state index in [2.05, 4.69) is 15.6 Å². The Labute approximate surface area is 220 Å². The standard InChI is InChI=1S/C22H25BN6O8S/c1-2-28-6-7-29(20(33)19(28)32)9-15(30)27-16(13-10-38-22(24)25-13)18(31)26-14-8-11-4-3-5-12(21(34)35)17(11)37-23(14)36/h3-5,10,14,16,36H,2,6-9H2,1H3,(H2,24,25)(H,26,31)(H,27,30)(H,34,35)/t14-,16?/m0/s1. The number of nitrogens with zero attached hydrogens (tertiary/aromatic N) is 3. The van der Waals surface area contributed by atoms with E-state index >= 15 is 0 Å². The first-order chi connectivity index (χ1) is 18.1. The van der Waals surface area contributed by atoms with Crippen molar-refractivity contribution in [3.63, 3.8) is 0 Å². The number of hydrogen-bond donors (Lipinski definition) is 5. The van der Waals surface area contributed by atoms with Gasteiger partial charge in [0.25, 0.3) is 0 Å². The minimum absolute atomic E-state index is 0.0116. The number of amides is 4. The number of rotatable bonds is 8. The predicted octanol–water partition coefficient (Wildman–Crippen LogP) is -1.59. The average molecular weight is 544 g/mol. The maximum absolute atomic E-state index is 13.3. The number of benzene rings is 1. The van der Waals surface area contributed by atoms with E-state index in [4.69, 9.17) is 10.4 Å². The van der Waals surface area contributed by atoms with Crippen molar-refractivity contribution in [2.75, 3.05) is 31.9 Å². The van der Waals surface area contributed by atoms with Gasteiger partial charge < -0.3 is 41.0 Å². The topological polar surface area (TPSA) is 204 Å². The number of carboxylic acids is 1. The number of carbonyl (C=O) groups excluding carboxylic acids is 4. The van der Waals surface area contributed by atoms with Crippen molar-refractivity contribution in [3.05, 3.63) is 40.4 Å². The predicted molar refractivity (Wildman–Crippen MR) is 134 cm³/mol. The van der Waals surface area contributed by atoms with Gasteiger partial charge in [0.2, 0.25) is 11.8 Å². The first-order valence-electron chi connectivity index (χ1n) is 11.7. The highest BCUT2D eigenvalue weighted by molar-refractivity contribution is 7.13. The molecule has 38 heavy (non-hydrogen) atoms. The molecule has 0 spiro atoms. The van der Waals surface area contributed by atoms with Gasteiger partial charge >= 0.3 is 24.9 Å². The Balaban J connectivity index is 1.47. The van der Waals surface area contributed by atoms with E-state index in [0.717, 1.165) is 16.2 Å².